The molecule has 0 N–H and O–H groups in total. The third kappa shape index (κ3) is 1.54. The number of nitrogens with zero attached hydrogens (tertiary/aromatic N) is 3. The molecule has 0 saturated heterocycles. The summed E-state index contributed by atoms with van der Waals surface area (Å²) in [6, 6.07) is 11.2. The number of aryl methyl sites for hydroxylation is 1. The van der Waals surface area contributed by atoms with E-state index in [1.165, 1.54) is 0 Å². The van der Waals surface area contributed by atoms with E-state index in [1.807, 2.05) is 30.3 Å². The van der Waals surface area contributed by atoms with Crippen molar-refractivity contribution in [1.29, 1.82) is 0 Å². The van der Waals surface area contributed by atoms with E-state index >= 15 is 0 Å². The van der Waals surface area contributed by atoms with E-state index in [4.69, 9.17) is 11.6 Å². The highest BCUT2D eigenvalue weighted by molar-refractivity contribution is 6.29. The van der Waals surface area contributed by atoms with E-state index < -0.39 is 0 Å². The third-order valence-electron chi connectivity index (χ3n) is 2.92. The Labute approximate surface area is 108 Å². The molecule has 90 valence electrons. The average Bonchev–Trinajstić information content (AvgIpc) is 2.63. The van der Waals surface area contributed by atoms with Crippen molar-refractivity contribution < 1.29 is 0 Å². The lowest BCUT2D eigenvalue weighted by atomic mass is 10.3. The molecule has 0 aliphatic carbocycles. The molecule has 0 unspecified atom stereocenters. The first-order valence-electron chi connectivity index (χ1n) is 5.47. The predicted molar refractivity (Wildman–Crippen MR) is 71.3 cm³/mol. The number of fused-ring (bicyclic) bond motifs is 1. The maximum Gasteiger partial charge on any atom is 0.333 e. The van der Waals surface area contributed by atoms with Crippen molar-refractivity contribution in [2.45, 2.75) is 0 Å². The van der Waals surface area contributed by atoms with Crippen molar-refractivity contribution >= 4 is 22.6 Å². The Hall–Kier alpha value is -2.07. The number of aromatic nitrogens is 3. The van der Waals surface area contributed by atoms with E-state index in [0.29, 0.717) is 5.15 Å². The van der Waals surface area contributed by atoms with Crippen molar-refractivity contribution in [3.8, 4) is 5.69 Å². The van der Waals surface area contributed by atoms with Gasteiger partial charge in [-0.1, -0.05) is 29.8 Å². The van der Waals surface area contributed by atoms with Crippen LogP contribution in [0.1, 0.15) is 0 Å². The van der Waals surface area contributed by atoms with Crippen LogP contribution in [0.2, 0.25) is 5.15 Å². The lowest BCUT2D eigenvalue weighted by Gasteiger charge is -2.02. The SMILES string of the molecule is Cn1c(=O)n(-c2ccccc2)c2cc(Cl)ncc21. The van der Waals surface area contributed by atoms with Crippen molar-refractivity contribution in [2.75, 3.05) is 0 Å². The number of halogens is 1. The molecule has 0 amide bonds. The molecule has 0 radical (unpaired) electrons. The molecule has 2 aromatic heterocycles. The molecule has 0 spiro atoms. The van der Waals surface area contributed by atoms with Crippen LogP contribution in [-0.4, -0.2) is 14.1 Å². The van der Waals surface area contributed by atoms with Gasteiger partial charge in [-0.05, 0) is 12.1 Å². The van der Waals surface area contributed by atoms with Gasteiger partial charge in [0, 0.05) is 13.1 Å². The summed E-state index contributed by atoms with van der Waals surface area (Å²) in [7, 11) is 1.72. The summed E-state index contributed by atoms with van der Waals surface area (Å²) < 4.78 is 3.19. The maximum absolute atomic E-state index is 12.3. The second-order valence-corrected chi connectivity index (χ2v) is 4.40. The molecule has 0 bridgehead atoms. The van der Waals surface area contributed by atoms with Crippen LogP contribution >= 0.6 is 11.6 Å². The topological polar surface area (TPSA) is 39.8 Å². The van der Waals surface area contributed by atoms with Crippen molar-refractivity contribution in [3.05, 3.63) is 58.2 Å². The van der Waals surface area contributed by atoms with Gasteiger partial charge < -0.3 is 0 Å². The zero-order valence-electron chi connectivity index (χ0n) is 9.67. The van der Waals surface area contributed by atoms with E-state index in [9.17, 15) is 4.79 Å². The summed E-state index contributed by atoms with van der Waals surface area (Å²) in [5.74, 6) is 0. The minimum absolute atomic E-state index is 0.111. The van der Waals surface area contributed by atoms with Gasteiger partial charge in [-0.15, -0.1) is 0 Å². The van der Waals surface area contributed by atoms with Gasteiger partial charge in [-0.3, -0.25) is 9.13 Å². The predicted octanol–water partition coefficient (Wildman–Crippen LogP) is 2.38. The fourth-order valence-corrected chi connectivity index (χ4v) is 2.19. The van der Waals surface area contributed by atoms with Gasteiger partial charge >= 0.3 is 5.69 Å². The molecule has 3 rings (SSSR count). The zero-order chi connectivity index (χ0) is 12.7. The number of benzene rings is 1. The van der Waals surface area contributed by atoms with E-state index in [0.717, 1.165) is 16.7 Å². The van der Waals surface area contributed by atoms with E-state index in [2.05, 4.69) is 4.98 Å². The van der Waals surface area contributed by atoms with Crippen LogP contribution in [0.15, 0.2) is 47.4 Å². The van der Waals surface area contributed by atoms with E-state index in [1.54, 1.807) is 28.4 Å². The largest absolute Gasteiger partial charge is 0.333 e. The first kappa shape index (κ1) is 11.0. The second-order valence-electron chi connectivity index (χ2n) is 4.01. The van der Waals surface area contributed by atoms with Gasteiger partial charge in [-0.2, -0.15) is 0 Å². The molecule has 4 nitrogen and oxygen atoms in total. The van der Waals surface area contributed by atoms with Crippen molar-refractivity contribution in [1.82, 2.24) is 14.1 Å². The lowest BCUT2D eigenvalue weighted by Crippen LogP contribution is -2.20. The molecule has 0 fully saturated rings. The highest BCUT2D eigenvalue weighted by atomic mass is 35.5. The fourth-order valence-electron chi connectivity index (χ4n) is 2.03. The summed E-state index contributed by atoms with van der Waals surface area (Å²) in [6.07, 6.45) is 1.61. The summed E-state index contributed by atoms with van der Waals surface area (Å²) in [5, 5.41) is 0.373. The van der Waals surface area contributed by atoms with Gasteiger partial charge in [0.15, 0.2) is 0 Å². The number of pyridine rings is 1. The van der Waals surface area contributed by atoms with Crippen LogP contribution in [0.5, 0.6) is 0 Å². The molecule has 2 heterocycles. The Morgan fingerprint density at radius 1 is 1.17 bits per heavy atom. The number of imidazole rings is 1. The minimum Gasteiger partial charge on any atom is -0.293 e. The average molecular weight is 260 g/mol. The van der Waals surface area contributed by atoms with Crippen LogP contribution in [0.4, 0.5) is 0 Å². The molecule has 0 saturated carbocycles. The van der Waals surface area contributed by atoms with Gasteiger partial charge in [0.05, 0.1) is 22.9 Å². The van der Waals surface area contributed by atoms with Gasteiger partial charge in [0.1, 0.15) is 5.15 Å². The van der Waals surface area contributed by atoms with Gasteiger partial charge in [0.25, 0.3) is 0 Å². The van der Waals surface area contributed by atoms with Crippen LogP contribution in [0.25, 0.3) is 16.7 Å². The molecule has 3 aromatic rings. The molecule has 0 aliphatic rings. The Kier molecular flexibility index (Phi) is 2.45. The van der Waals surface area contributed by atoms with E-state index in [-0.39, 0.29) is 5.69 Å². The monoisotopic (exact) mass is 259 g/mol. The Balaban J connectivity index is 2.46. The fraction of sp³-hybridized carbons (Fsp3) is 0.0769. The number of rotatable bonds is 1. The Morgan fingerprint density at radius 2 is 1.89 bits per heavy atom. The minimum atomic E-state index is -0.111. The molecule has 5 heteroatoms. The van der Waals surface area contributed by atoms with Crippen molar-refractivity contribution in [3.63, 3.8) is 0 Å². The molecule has 1 aromatic carbocycles. The summed E-state index contributed by atoms with van der Waals surface area (Å²) in [4.78, 5) is 16.3. The van der Waals surface area contributed by atoms with Crippen molar-refractivity contribution in [2.24, 2.45) is 7.05 Å². The molecular weight excluding hydrogens is 250 g/mol. The third-order valence-corrected chi connectivity index (χ3v) is 3.13. The highest BCUT2D eigenvalue weighted by Gasteiger charge is 2.12. The Morgan fingerprint density at radius 3 is 2.61 bits per heavy atom. The lowest BCUT2D eigenvalue weighted by molar-refractivity contribution is 0.845. The van der Waals surface area contributed by atoms with Crippen LogP contribution in [0.3, 0.4) is 0 Å². The summed E-state index contributed by atoms with van der Waals surface area (Å²) in [6.45, 7) is 0. The van der Waals surface area contributed by atoms with Crippen LogP contribution in [0, 0.1) is 0 Å². The quantitative estimate of drug-likeness (QED) is 0.630. The molecule has 0 atom stereocenters. The van der Waals surface area contributed by atoms with Crippen LogP contribution in [-0.2, 0) is 7.05 Å². The van der Waals surface area contributed by atoms with Gasteiger partial charge in [0.2, 0.25) is 0 Å². The number of para-hydroxylation sites is 1. The molecule has 0 aliphatic heterocycles. The first-order chi connectivity index (χ1) is 8.68. The normalized spacial score (nSPS) is 11.0. The molecule has 18 heavy (non-hydrogen) atoms. The maximum atomic E-state index is 12.3. The number of hydrogen-bond acceptors (Lipinski definition) is 2. The molecular formula is C13H10ClN3O. The Bertz CT molecular complexity index is 774. The van der Waals surface area contributed by atoms with Gasteiger partial charge in [-0.25, -0.2) is 9.78 Å². The zero-order valence-corrected chi connectivity index (χ0v) is 10.4. The first-order valence-corrected chi connectivity index (χ1v) is 5.84. The number of hydrogen-bond donors (Lipinski definition) is 0. The summed E-state index contributed by atoms with van der Waals surface area (Å²) in [5.41, 5.74) is 2.22. The smallest absolute Gasteiger partial charge is 0.293 e. The highest BCUT2D eigenvalue weighted by Crippen LogP contribution is 2.18. The summed E-state index contributed by atoms with van der Waals surface area (Å²) >= 11 is 5.90. The van der Waals surface area contributed by atoms with Crippen LogP contribution < -0.4 is 5.69 Å². The standard InChI is InChI=1S/C13H10ClN3O/c1-16-11-8-15-12(14)7-10(11)17(13(16)18)9-5-3-2-4-6-9/h2-8H,1H3. The second kappa shape index (κ2) is 3.99.